The van der Waals surface area contributed by atoms with Gasteiger partial charge in [0.2, 0.25) is 11.8 Å². The predicted molar refractivity (Wildman–Crippen MR) is 107 cm³/mol. The molecule has 2 aliphatic rings. The molecule has 1 atom stereocenters. The molecule has 162 valence electrons. The molecule has 0 aromatic heterocycles. The van der Waals surface area contributed by atoms with Gasteiger partial charge in [-0.25, -0.2) is 9.18 Å². The normalized spacial score (nSPS) is 22.2. The number of hydrogen-bond acceptors (Lipinski definition) is 5. The number of piperazine rings is 1. The Morgan fingerprint density at radius 3 is 2.47 bits per heavy atom. The zero-order chi connectivity index (χ0) is 21.9. The van der Waals surface area contributed by atoms with Gasteiger partial charge in [0.1, 0.15) is 17.9 Å². The molecule has 2 fully saturated rings. The van der Waals surface area contributed by atoms with Crippen LogP contribution in [0.15, 0.2) is 24.3 Å². The molecule has 1 aromatic carbocycles. The molecule has 2 N–H and O–H groups in total. The van der Waals surface area contributed by atoms with Crippen molar-refractivity contribution in [3.63, 3.8) is 0 Å². The predicted octanol–water partition coefficient (Wildman–Crippen LogP) is 0.629. The van der Waals surface area contributed by atoms with E-state index in [4.69, 9.17) is 0 Å². The minimum absolute atomic E-state index is 0.125. The van der Waals surface area contributed by atoms with Crippen molar-refractivity contribution in [2.24, 2.45) is 0 Å². The van der Waals surface area contributed by atoms with Gasteiger partial charge < -0.3 is 15.5 Å². The van der Waals surface area contributed by atoms with Gasteiger partial charge in [0.25, 0.3) is 5.91 Å². The number of urea groups is 1. The summed E-state index contributed by atoms with van der Waals surface area (Å²) in [5.41, 5.74) is -0.577. The Morgan fingerprint density at radius 2 is 1.87 bits per heavy atom. The van der Waals surface area contributed by atoms with E-state index in [1.165, 1.54) is 18.2 Å². The first-order valence-corrected chi connectivity index (χ1v) is 9.91. The van der Waals surface area contributed by atoms with Crippen LogP contribution in [0.1, 0.15) is 20.3 Å². The summed E-state index contributed by atoms with van der Waals surface area (Å²) in [6.07, 6.45) is 0.443. The van der Waals surface area contributed by atoms with Crippen molar-refractivity contribution in [2.45, 2.75) is 25.8 Å². The van der Waals surface area contributed by atoms with E-state index in [2.05, 4.69) is 10.6 Å². The molecular formula is C20H26FN5O4. The second-order valence-corrected chi connectivity index (χ2v) is 7.72. The Hall–Kier alpha value is -3.01. The molecule has 2 heterocycles. The first kappa shape index (κ1) is 21.7. The summed E-state index contributed by atoms with van der Waals surface area (Å²) in [6, 6.07) is 5.12. The zero-order valence-corrected chi connectivity index (χ0v) is 17.1. The molecule has 0 spiro atoms. The highest BCUT2D eigenvalue weighted by molar-refractivity contribution is 6.08. The SMILES string of the molecule is CC[C@]1(C)NC(=O)N(CC(=O)N2CCN(CC(=O)Nc3cccc(F)c3)CC2)C1=O. The third-order valence-electron chi connectivity index (χ3n) is 5.55. The van der Waals surface area contributed by atoms with Gasteiger partial charge in [0.05, 0.1) is 6.54 Å². The van der Waals surface area contributed by atoms with Crippen LogP contribution in [0, 0.1) is 5.82 Å². The van der Waals surface area contributed by atoms with Crippen LogP contribution in [-0.2, 0) is 14.4 Å². The average Bonchev–Trinajstić information content (AvgIpc) is 2.92. The Bertz CT molecular complexity index is 855. The van der Waals surface area contributed by atoms with Crippen molar-refractivity contribution in [3.05, 3.63) is 30.1 Å². The monoisotopic (exact) mass is 419 g/mol. The molecule has 0 saturated carbocycles. The summed E-state index contributed by atoms with van der Waals surface area (Å²) in [4.78, 5) is 53.7. The third-order valence-corrected chi connectivity index (χ3v) is 5.55. The molecule has 10 heteroatoms. The Balaban J connectivity index is 1.46. The van der Waals surface area contributed by atoms with Gasteiger partial charge in [-0.1, -0.05) is 13.0 Å². The molecule has 9 nitrogen and oxygen atoms in total. The van der Waals surface area contributed by atoms with E-state index in [1.807, 2.05) is 4.90 Å². The topological polar surface area (TPSA) is 102 Å². The summed E-state index contributed by atoms with van der Waals surface area (Å²) >= 11 is 0. The summed E-state index contributed by atoms with van der Waals surface area (Å²) in [7, 11) is 0. The maximum atomic E-state index is 13.2. The van der Waals surface area contributed by atoms with Crippen LogP contribution in [-0.4, -0.2) is 83.3 Å². The fourth-order valence-electron chi connectivity index (χ4n) is 3.49. The quantitative estimate of drug-likeness (QED) is 0.659. The number of halogens is 1. The molecular weight excluding hydrogens is 393 g/mol. The summed E-state index contributed by atoms with van der Waals surface area (Å²) < 4.78 is 13.2. The molecule has 30 heavy (non-hydrogen) atoms. The molecule has 2 saturated heterocycles. The van der Waals surface area contributed by atoms with Crippen molar-refractivity contribution in [1.82, 2.24) is 20.0 Å². The van der Waals surface area contributed by atoms with Crippen molar-refractivity contribution in [1.29, 1.82) is 0 Å². The number of nitrogens with zero attached hydrogens (tertiary/aromatic N) is 3. The van der Waals surface area contributed by atoms with Crippen LogP contribution in [0.3, 0.4) is 0 Å². The maximum absolute atomic E-state index is 13.2. The number of carbonyl (C=O) groups excluding carboxylic acids is 4. The van der Waals surface area contributed by atoms with Crippen LogP contribution < -0.4 is 10.6 Å². The van der Waals surface area contributed by atoms with Gasteiger partial charge >= 0.3 is 6.03 Å². The van der Waals surface area contributed by atoms with E-state index in [9.17, 15) is 23.6 Å². The van der Waals surface area contributed by atoms with Crippen molar-refractivity contribution < 1.29 is 23.6 Å². The van der Waals surface area contributed by atoms with Crippen molar-refractivity contribution in [2.75, 3.05) is 44.6 Å². The standard InChI is InChI=1S/C20H26FN5O4/c1-3-20(2)18(29)26(19(30)23-20)13-17(28)25-9-7-24(8-10-25)12-16(27)22-15-6-4-5-14(21)11-15/h4-6,11H,3,7-10,12-13H2,1-2H3,(H,22,27)(H,23,30)/t20-/m0/s1. The molecule has 0 unspecified atom stereocenters. The number of hydrogen-bond donors (Lipinski definition) is 2. The number of anilines is 1. The third kappa shape index (κ3) is 4.76. The molecule has 0 bridgehead atoms. The van der Waals surface area contributed by atoms with Gasteiger partial charge in [-0.15, -0.1) is 0 Å². The fourth-order valence-corrected chi connectivity index (χ4v) is 3.49. The van der Waals surface area contributed by atoms with Crippen LogP contribution in [0.25, 0.3) is 0 Å². The van der Waals surface area contributed by atoms with Gasteiger partial charge in [-0.05, 0) is 31.5 Å². The van der Waals surface area contributed by atoms with Crippen LogP contribution in [0.5, 0.6) is 0 Å². The summed E-state index contributed by atoms with van der Waals surface area (Å²) in [5, 5.41) is 5.28. The van der Waals surface area contributed by atoms with Crippen LogP contribution in [0.2, 0.25) is 0 Å². The van der Waals surface area contributed by atoms with E-state index in [-0.39, 0.29) is 24.9 Å². The Kier molecular flexibility index (Phi) is 6.35. The second-order valence-electron chi connectivity index (χ2n) is 7.72. The van der Waals surface area contributed by atoms with Crippen LogP contribution >= 0.6 is 0 Å². The van der Waals surface area contributed by atoms with E-state index < -0.39 is 23.3 Å². The van der Waals surface area contributed by atoms with Crippen molar-refractivity contribution >= 4 is 29.4 Å². The number of benzene rings is 1. The summed E-state index contributed by atoms with van der Waals surface area (Å²) in [6.45, 7) is 5.02. The first-order chi connectivity index (χ1) is 14.2. The highest BCUT2D eigenvalue weighted by Crippen LogP contribution is 2.21. The largest absolute Gasteiger partial charge is 0.339 e. The van der Waals surface area contributed by atoms with Gasteiger partial charge in [-0.3, -0.25) is 24.2 Å². The maximum Gasteiger partial charge on any atom is 0.325 e. The zero-order valence-electron chi connectivity index (χ0n) is 17.1. The Morgan fingerprint density at radius 1 is 1.17 bits per heavy atom. The molecule has 3 rings (SSSR count). The summed E-state index contributed by atoms with van der Waals surface area (Å²) in [5.74, 6) is -1.39. The van der Waals surface area contributed by atoms with E-state index in [0.717, 1.165) is 4.90 Å². The number of amides is 5. The molecule has 5 amide bonds. The lowest BCUT2D eigenvalue weighted by molar-refractivity contribution is -0.139. The second kappa shape index (κ2) is 8.78. The van der Waals surface area contributed by atoms with E-state index in [1.54, 1.807) is 24.8 Å². The lowest BCUT2D eigenvalue weighted by Gasteiger charge is -2.34. The molecule has 0 radical (unpaired) electrons. The average molecular weight is 419 g/mol. The van der Waals surface area contributed by atoms with Crippen LogP contribution in [0.4, 0.5) is 14.9 Å². The first-order valence-electron chi connectivity index (χ1n) is 9.91. The number of nitrogens with one attached hydrogen (secondary N) is 2. The van der Waals surface area contributed by atoms with Gasteiger partial charge in [0, 0.05) is 31.9 Å². The minimum Gasteiger partial charge on any atom is -0.339 e. The minimum atomic E-state index is -0.967. The lowest BCUT2D eigenvalue weighted by atomic mass is 9.99. The van der Waals surface area contributed by atoms with Gasteiger partial charge in [-0.2, -0.15) is 0 Å². The molecule has 0 aliphatic carbocycles. The van der Waals surface area contributed by atoms with Crippen molar-refractivity contribution in [3.8, 4) is 0 Å². The highest BCUT2D eigenvalue weighted by atomic mass is 19.1. The van der Waals surface area contributed by atoms with Gasteiger partial charge in [0.15, 0.2) is 0 Å². The van der Waals surface area contributed by atoms with E-state index in [0.29, 0.717) is 38.3 Å². The Labute approximate surface area is 174 Å². The number of rotatable bonds is 6. The molecule has 2 aliphatic heterocycles. The highest BCUT2D eigenvalue weighted by Gasteiger charge is 2.47. The smallest absolute Gasteiger partial charge is 0.325 e. The lowest BCUT2D eigenvalue weighted by Crippen LogP contribution is -2.53. The molecule has 1 aromatic rings. The fraction of sp³-hybridized carbons (Fsp3) is 0.500. The van der Waals surface area contributed by atoms with E-state index >= 15 is 0 Å². The number of imide groups is 1. The number of carbonyl (C=O) groups is 4.